The average molecular weight is 400 g/mol. The molecule has 0 spiro atoms. The first-order valence-electron chi connectivity index (χ1n) is 7.90. The van der Waals surface area contributed by atoms with Crippen molar-refractivity contribution in [3.05, 3.63) is 58.1 Å². The predicted molar refractivity (Wildman–Crippen MR) is 104 cm³/mol. The smallest absolute Gasteiger partial charge is 0.269 e. The molecule has 10 heteroatoms. The fourth-order valence-corrected chi connectivity index (χ4v) is 2.71. The van der Waals surface area contributed by atoms with Gasteiger partial charge < -0.3 is 9.47 Å². The number of nitrogens with zero attached hydrogens (tertiary/aromatic N) is 3. The number of hydrazone groups is 1. The average Bonchev–Trinajstić information content (AvgIpc) is 2.71. The van der Waals surface area contributed by atoms with Crippen LogP contribution < -0.4 is 14.9 Å². The fraction of sp³-hybridized carbons (Fsp3) is 0.167. The highest BCUT2D eigenvalue weighted by molar-refractivity contribution is 8.00. The Labute approximate surface area is 165 Å². The summed E-state index contributed by atoms with van der Waals surface area (Å²) < 4.78 is 10.4. The molecule has 0 aliphatic heterocycles. The summed E-state index contributed by atoms with van der Waals surface area (Å²) in [5, 5.41) is 23.1. The number of rotatable bonds is 9. The molecule has 0 bridgehead atoms. The van der Waals surface area contributed by atoms with Crippen LogP contribution in [0.15, 0.2) is 52.5 Å². The summed E-state index contributed by atoms with van der Waals surface area (Å²) in [6.45, 7) is -0.0910. The van der Waals surface area contributed by atoms with Crippen molar-refractivity contribution in [1.29, 1.82) is 5.26 Å². The minimum absolute atomic E-state index is 0.00197. The fourth-order valence-electron chi connectivity index (χ4n) is 2.02. The second-order valence-corrected chi connectivity index (χ2v) is 6.24. The SMILES string of the molecule is COc1cc(/C=N\NC(=O)CSc2ccc([N+](=O)[O-])cc2)ccc1OCC#N. The summed E-state index contributed by atoms with van der Waals surface area (Å²) in [7, 11) is 1.48. The molecule has 0 fully saturated rings. The van der Waals surface area contributed by atoms with Gasteiger partial charge in [0.05, 0.1) is 24.0 Å². The molecule has 2 aromatic carbocycles. The summed E-state index contributed by atoms with van der Waals surface area (Å²) in [5.74, 6) is 0.670. The molecule has 0 aromatic heterocycles. The van der Waals surface area contributed by atoms with E-state index in [2.05, 4.69) is 10.5 Å². The van der Waals surface area contributed by atoms with Gasteiger partial charge in [-0.2, -0.15) is 10.4 Å². The molecule has 1 amide bonds. The van der Waals surface area contributed by atoms with Crippen molar-refractivity contribution in [2.45, 2.75) is 4.90 Å². The lowest BCUT2D eigenvalue weighted by molar-refractivity contribution is -0.384. The number of nitro benzene ring substituents is 1. The third-order valence-corrected chi connectivity index (χ3v) is 4.31. The molecule has 0 aliphatic carbocycles. The number of benzene rings is 2. The molecule has 0 heterocycles. The quantitative estimate of drug-likeness (QED) is 0.297. The lowest BCUT2D eigenvalue weighted by Crippen LogP contribution is -2.19. The van der Waals surface area contributed by atoms with Crippen molar-refractivity contribution in [3.63, 3.8) is 0 Å². The second-order valence-electron chi connectivity index (χ2n) is 5.19. The maximum atomic E-state index is 11.8. The molecule has 0 atom stereocenters. The first kappa shape index (κ1) is 20.7. The number of nitro groups is 1. The van der Waals surface area contributed by atoms with Crippen molar-refractivity contribution in [2.24, 2.45) is 5.10 Å². The van der Waals surface area contributed by atoms with Gasteiger partial charge in [-0.3, -0.25) is 14.9 Å². The second kappa shape index (κ2) is 10.5. The Morgan fingerprint density at radius 1 is 1.32 bits per heavy atom. The van der Waals surface area contributed by atoms with Crippen LogP contribution in [0.5, 0.6) is 11.5 Å². The Hall–Kier alpha value is -3.58. The van der Waals surface area contributed by atoms with Gasteiger partial charge in [0.2, 0.25) is 5.91 Å². The number of carbonyl (C=O) groups is 1. The van der Waals surface area contributed by atoms with E-state index >= 15 is 0 Å². The number of amides is 1. The van der Waals surface area contributed by atoms with E-state index in [0.29, 0.717) is 17.1 Å². The number of nitrogens with one attached hydrogen (secondary N) is 1. The molecule has 0 radical (unpaired) electrons. The zero-order valence-electron chi connectivity index (χ0n) is 14.8. The van der Waals surface area contributed by atoms with Gasteiger partial charge in [-0.15, -0.1) is 11.8 Å². The van der Waals surface area contributed by atoms with Crippen LogP contribution in [-0.4, -0.2) is 36.5 Å². The lowest BCUT2D eigenvalue weighted by Gasteiger charge is -2.08. The first-order valence-corrected chi connectivity index (χ1v) is 8.89. The van der Waals surface area contributed by atoms with Gasteiger partial charge in [0.25, 0.3) is 5.69 Å². The van der Waals surface area contributed by atoms with Gasteiger partial charge in [0.15, 0.2) is 18.1 Å². The van der Waals surface area contributed by atoms with Crippen LogP contribution in [0, 0.1) is 21.4 Å². The summed E-state index contributed by atoms with van der Waals surface area (Å²) in [6.07, 6.45) is 1.45. The summed E-state index contributed by atoms with van der Waals surface area (Å²) in [6, 6.07) is 12.8. The van der Waals surface area contributed by atoms with Gasteiger partial charge >= 0.3 is 0 Å². The third kappa shape index (κ3) is 6.30. The van der Waals surface area contributed by atoms with Gasteiger partial charge in [-0.25, -0.2) is 5.43 Å². The van der Waals surface area contributed by atoms with E-state index in [1.807, 2.05) is 6.07 Å². The Morgan fingerprint density at radius 3 is 2.71 bits per heavy atom. The number of hydrogen-bond donors (Lipinski definition) is 1. The normalized spacial score (nSPS) is 10.3. The molecule has 9 nitrogen and oxygen atoms in total. The molecule has 2 rings (SSSR count). The minimum atomic E-state index is -0.479. The largest absolute Gasteiger partial charge is 0.493 e. The Morgan fingerprint density at radius 2 is 2.07 bits per heavy atom. The highest BCUT2D eigenvalue weighted by Crippen LogP contribution is 2.27. The highest BCUT2D eigenvalue weighted by atomic mass is 32.2. The number of carbonyl (C=O) groups excluding carboxylic acids is 1. The van der Waals surface area contributed by atoms with Crippen LogP contribution in [-0.2, 0) is 4.79 Å². The number of hydrogen-bond acceptors (Lipinski definition) is 8. The number of nitriles is 1. The van der Waals surface area contributed by atoms with Crippen molar-refractivity contribution in [3.8, 4) is 17.6 Å². The van der Waals surface area contributed by atoms with E-state index in [4.69, 9.17) is 14.7 Å². The molecule has 0 unspecified atom stereocenters. The third-order valence-electron chi connectivity index (χ3n) is 3.30. The van der Waals surface area contributed by atoms with Crippen LogP contribution in [0.3, 0.4) is 0 Å². The maximum absolute atomic E-state index is 11.8. The summed E-state index contributed by atoms with van der Waals surface area (Å²) in [4.78, 5) is 22.7. The molecular formula is C18H16N4O5S. The molecular weight excluding hydrogens is 384 g/mol. The molecule has 0 aliphatic rings. The van der Waals surface area contributed by atoms with Gasteiger partial charge in [-0.05, 0) is 35.9 Å². The Bertz CT molecular complexity index is 909. The Kier molecular flexibility index (Phi) is 7.80. The molecule has 1 N–H and O–H groups in total. The van der Waals surface area contributed by atoms with Crippen LogP contribution in [0.25, 0.3) is 0 Å². The number of methoxy groups -OCH3 is 1. The zero-order chi connectivity index (χ0) is 20.4. The van der Waals surface area contributed by atoms with Gasteiger partial charge in [0, 0.05) is 17.0 Å². The number of thioether (sulfide) groups is 1. The van der Waals surface area contributed by atoms with Gasteiger partial charge in [-0.1, -0.05) is 0 Å². The van der Waals surface area contributed by atoms with E-state index in [-0.39, 0.29) is 24.0 Å². The highest BCUT2D eigenvalue weighted by Gasteiger charge is 2.07. The van der Waals surface area contributed by atoms with Gasteiger partial charge in [0.1, 0.15) is 6.07 Å². The Balaban J connectivity index is 1.85. The monoisotopic (exact) mass is 400 g/mol. The minimum Gasteiger partial charge on any atom is -0.493 e. The van der Waals surface area contributed by atoms with Crippen LogP contribution in [0.1, 0.15) is 5.56 Å². The topological polar surface area (TPSA) is 127 Å². The van der Waals surface area contributed by atoms with Crippen LogP contribution in [0.2, 0.25) is 0 Å². The predicted octanol–water partition coefficient (Wildman–Crippen LogP) is 2.75. The van der Waals surface area contributed by atoms with E-state index in [1.54, 1.807) is 30.3 Å². The maximum Gasteiger partial charge on any atom is 0.269 e. The number of ether oxygens (including phenoxy) is 2. The number of non-ortho nitro benzene ring substituents is 1. The van der Waals surface area contributed by atoms with Crippen molar-refractivity contribution in [1.82, 2.24) is 5.43 Å². The molecule has 144 valence electrons. The molecule has 2 aromatic rings. The standard InChI is InChI=1S/C18H16N4O5S/c1-26-17-10-13(2-7-16(17)27-9-8-19)11-20-21-18(23)12-28-15-5-3-14(4-6-15)22(24)25/h2-7,10-11H,9,12H2,1H3,(H,21,23)/b20-11-. The molecule has 0 saturated carbocycles. The van der Waals surface area contributed by atoms with Crippen molar-refractivity contribution < 1.29 is 19.2 Å². The van der Waals surface area contributed by atoms with E-state index in [0.717, 1.165) is 4.90 Å². The lowest BCUT2D eigenvalue weighted by atomic mass is 10.2. The van der Waals surface area contributed by atoms with E-state index < -0.39 is 4.92 Å². The first-order chi connectivity index (χ1) is 13.5. The molecule has 28 heavy (non-hydrogen) atoms. The molecule has 0 saturated heterocycles. The van der Waals surface area contributed by atoms with Crippen LogP contribution >= 0.6 is 11.8 Å². The van der Waals surface area contributed by atoms with Crippen LogP contribution in [0.4, 0.5) is 5.69 Å². The zero-order valence-corrected chi connectivity index (χ0v) is 15.6. The van der Waals surface area contributed by atoms with E-state index in [9.17, 15) is 14.9 Å². The van der Waals surface area contributed by atoms with Crippen molar-refractivity contribution >= 4 is 29.6 Å². The summed E-state index contributed by atoms with van der Waals surface area (Å²) >= 11 is 1.24. The van der Waals surface area contributed by atoms with Crippen molar-refractivity contribution in [2.75, 3.05) is 19.5 Å². The van der Waals surface area contributed by atoms with E-state index in [1.165, 1.54) is 37.2 Å². The summed E-state index contributed by atoms with van der Waals surface area (Å²) in [5.41, 5.74) is 3.07.